The summed E-state index contributed by atoms with van der Waals surface area (Å²) < 4.78 is 25.7. The summed E-state index contributed by atoms with van der Waals surface area (Å²) in [5, 5.41) is 0. The van der Waals surface area contributed by atoms with Crippen molar-refractivity contribution < 1.29 is 18.7 Å². The Morgan fingerprint density at radius 3 is 2.60 bits per heavy atom. The van der Waals surface area contributed by atoms with Crippen molar-refractivity contribution in [3.8, 4) is 11.5 Å². The molecular formula is C22H21BrFNO3S2. The molecule has 0 spiro atoms. The fourth-order valence-corrected chi connectivity index (χ4v) is 4.72. The summed E-state index contributed by atoms with van der Waals surface area (Å²) in [6.45, 7) is 4.97. The molecule has 1 aliphatic heterocycles. The normalized spacial score (nSPS) is 15.4. The van der Waals surface area contributed by atoms with Crippen molar-refractivity contribution in [1.29, 1.82) is 0 Å². The maximum atomic E-state index is 13.1. The molecule has 8 heteroatoms. The van der Waals surface area contributed by atoms with E-state index in [-0.39, 0.29) is 18.3 Å². The van der Waals surface area contributed by atoms with Gasteiger partial charge in [-0.3, -0.25) is 9.69 Å². The van der Waals surface area contributed by atoms with E-state index >= 15 is 0 Å². The molecule has 1 heterocycles. The number of thiocarbonyl (C=S) groups is 1. The number of halogens is 2. The summed E-state index contributed by atoms with van der Waals surface area (Å²) >= 11 is 10.2. The Bertz CT molecular complexity index is 993. The van der Waals surface area contributed by atoms with Gasteiger partial charge < -0.3 is 9.47 Å². The predicted octanol–water partition coefficient (Wildman–Crippen LogP) is 6.03. The van der Waals surface area contributed by atoms with E-state index in [2.05, 4.69) is 29.8 Å². The maximum Gasteiger partial charge on any atom is 0.266 e. The molecule has 0 saturated carbocycles. The molecule has 1 aliphatic rings. The third kappa shape index (κ3) is 5.42. The van der Waals surface area contributed by atoms with Gasteiger partial charge >= 0.3 is 0 Å². The topological polar surface area (TPSA) is 38.8 Å². The molecule has 1 fully saturated rings. The van der Waals surface area contributed by atoms with Crippen LogP contribution in [0, 0.1) is 11.7 Å². The average molecular weight is 510 g/mol. The van der Waals surface area contributed by atoms with Gasteiger partial charge in [-0.2, -0.15) is 0 Å². The van der Waals surface area contributed by atoms with Crippen molar-refractivity contribution in [2.75, 3.05) is 13.7 Å². The quantitative estimate of drug-likeness (QED) is 0.336. The molecule has 0 atom stereocenters. The molecule has 3 rings (SSSR count). The molecule has 2 aromatic carbocycles. The zero-order valence-corrected chi connectivity index (χ0v) is 20.0. The van der Waals surface area contributed by atoms with Crippen LogP contribution >= 0.6 is 39.9 Å². The fourth-order valence-electron chi connectivity index (χ4n) is 2.87. The minimum atomic E-state index is -0.291. The zero-order chi connectivity index (χ0) is 21.8. The Labute approximate surface area is 193 Å². The number of ether oxygens (including phenoxy) is 2. The monoisotopic (exact) mass is 509 g/mol. The molecule has 1 saturated heterocycles. The molecule has 0 radical (unpaired) electrons. The lowest BCUT2D eigenvalue weighted by Gasteiger charge is -2.16. The minimum Gasteiger partial charge on any atom is -0.493 e. The van der Waals surface area contributed by atoms with Crippen LogP contribution in [-0.2, 0) is 11.4 Å². The first-order valence-corrected chi connectivity index (χ1v) is 11.3. The first-order valence-electron chi connectivity index (χ1n) is 9.28. The fraction of sp³-hybridized carbons (Fsp3) is 0.273. The van der Waals surface area contributed by atoms with Gasteiger partial charge in [0, 0.05) is 6.54 Å². The molecule has 1 amide bonds. The van der Waals surface area contributed by atoms with Crippen LogP contribution in [0.2, 0.25) is 0 Å². The number of amides is 1. The molecule has 0 bridgehead atoms. The number of rotatable bonds is 7. The summed E-state index contributed by atoms with van der Waals surface area (Å²) in [5.41, 5.74) is 1.63. The summed E-state index contributed by atoms with van der Waals surface area (Å²) in [6.07, 6.45) is 1.80. The third-order valence-corrected chi connectivity index (χ3v) is 6.23. The predicted molar refractivity (Wildman–Crippen MR) is 126 cm³/mol. The highest BCUT2D eigenvalue weighted by molar-refractivity contribution is 9.10. The summed E-state index contributed by atoms with van der Waals surface area (Å²) in [5.74, 6) is 1.02. The van der Waals surface area contributed by atoms with E-state index in [4.69, 9.17) is 21.7 Å². The Balaban J connectivity index is 1.81. The Morgan fingerprint density at radius 1 is 1.27 bits per heavy atom. The van der Waals surface area contributed by atoms with Crippen molar-refractivity contribution in [2.45, 2.75) is 20.5 Å². The maximum absolute atomic E-state index is 13.1. The minimum absolute atomic E-state index is 0.0783. The van der Waals surface area contributed by atoms with E-state index in [9.17, 15) is 9.18 Å². The van der Waals surface area contributed by atoms with Crippen LogP contribution in [0.25, 0.3) is 6.08 Å². The molecule has 0 N–H and O–H groups in total. The number of methoxy groups -OCH3 is 1. The Morgan fingerprint density at radius 2 is 1.97 bits per heavy atom. The van der Waals surface area contributed by atoms with Crippen molar-refractivity contribution in [3.63, 3.8) is 0 Å². The summed E-state index contributed by atoms with van der Waals surface area (Å²) in [7, 11) is 1.55. The van der Waals surface area contributed by atoms with E-state index in [0.29, 0.717) is 37.7 Å². The Kier molecular flexibility index (Phi) is 7.55. The van der Waals surface area contributed by atoms with Crippen LogP contribution in [-0.4, -0.2) is 28.8 Å². The standard InChI is InChI=1S/C22H21BrFNO3S2/c1-13(2)11-25-21(26)19(30-22(25)29)10-15-8-17(23)20(18(9-15)27-3)28-12-14-4-6-16(24)7-5-14/h4-10,13H,11-12H2,1-3H3/b19-10-. The van der Waals surface area contributed by atoms with E-state index in [1.165, 1.54) is 23.9 Å². The number of hydrogen-bond donors (Lipinski definition) is 0. The van der Waals surface area contributed by atoms with Crippen LogP contribution in [0.4, 0.5) is 4.39 Å². The van der Waals surface area contributed by atoms with Gasteiger partial charge in [-0.05, 0) is 63.3 Å². The SMILES string of the molecule is COc1cc(/C=C2\SC(=S)N(CC(C)C)C2=O)cc(Br)c1OCc1ccc(F)cc1. The van der Waals surface area contributed by atoms with Crippen LogP contribution < -0.4 is 9.47 Å². The highest BCUT2D eigenvalue weighted by Crippen LogP contribution is 2.39. The number of hydrogen-bond acceptors (Lipinski definition) is 5. The molecule has 2 aromatic rings. The van der Waals surface area contributed by atoms with Crippen LogP contribution in [0.15, 0.2) is 45.8 Å². The van der Waals surface area contributed by atoms with Gasteiger partial charge in [0.25, 0.3) is 5.91 Å². The smallest absolute Gasteiger partial charge is 0.266 e. The second-order valence-corrected chi connectivity index (χ2v) is 9.67. The molecule has 158 valence electrons. The average Bonchev–Trinajstić information content (AvgIpc) is 2.95. The number of carbonyl (C=O) groups is 1. The summed E-state index contributed by atoms with van der Waals surface area (Å²) in [4.78, 5) is 14.9. The summed E-state index contributed by atoms with van der Waals surface area (Å²) in [6, 6.07) is 9.79. The second kappa shape index (κ2) is 9.94. The number of nitrogens with zero attached hydrogens (tertiary/aromatic N) is 1. The number of carbonyl (C=O) groups excluding carboxylic acids is 1. The van der Waals surface area contributed by atoms with Crippen LogP contribution in [0.1, 0.15) is 25.0 Å². The van der Waals surface area contributed by atoms with E-state index in [1.54, 1.807) is 36.3 Å². The van der Waals surface area contributed by atoms with Crippen molar-refractivity contribution in [2.24, 2.45) is 5.92 Å². The largest absolute Gasteiger partial charge is 0.493 e. The zero-order valence-electron chi connectivity index (χ0n) is 16.8. The molecular weight excluding hydrogens is 489 g/mol. The first kappa shape index (κ1) is 22.8. The van der Waals surface area contributed by atoms with Gasteiger partial charge in [0.2, 0.25) is 0 Å². The number of thioether (sulfide) groups is 1. The van der Waals surface area contributed by atoms with Gasteiger partial charge in [-0.1, -0.05) is 50.0 Å². The van der Waals surface area contributed by atoms with E-state index in [1.807, 2.05) is 6.07 Å². The molecule has 30 heavy (non-hydrogen) atoms. The van der Waals surface area contributed by atoms with E-state index < -0.39 is 0 Å². The van der Waals surface area contributed by atoms with Crippen LogP contribution in [0.3, 0.4) is 0 Å². The van der Waals surface area contributed by atoms with E-state index in [0.717, 1.165) is 11.1 Å². The van der Waals surface area contributed by atoms with Gasteiger partial charge in [-0.15, -0.1) is 0 Å². The molecule has 0 aliphatic carbocycles. The first-order chi connectivity index (χ1) is 14.3. The Hall–Kier alpha value is -1.90. The van der Waals surface area contributed by atoms with Gasteiger partial charge in [0.05, 0.1) is 16.5 Å². The van der Waals surface area contributed by atoms with Gasteiger partial charge in [-0.25, -0.2) is 4.39 Å². The lowest BCUT2D eigenvalue weighted by atomic mass is 10.1. The third-order valence-electron chi connectivity index (χ3n) is 4.27. The molecule has 0 unspecified atom stereocenters. The highest BCUT2D eigenvalue weighted by atomic mass is 79.9. The van der Waals surface area contributed by atoms with Gasteiger partial charge in [0.15, 0.2) is 11.5 Å². The lowest BCUT2D eigenvalue weighted by molar-refractivity contribution is -0.122. The van der Waals surface area contributed by atoms with Crippen molar-refractivity contribution >= 4 is 56.2 Å². The van der Waals surface area contributed by atoms with Crippen LogP contribution in [0.5, 0.6) is 11.5 Å². The van der Waals surface area contributed by atoms with Crippen molar-refractivity contribution in [3.05, 3.63) is 62.7 Å². The second-order valence-electron chi connectivity index (χ2n) is 7.14. The number of benzene rings is 2. The van der Waals surface area contributed by atoms with Gasteiger partial charge in [0.1, 0.15) is 16.7 Å². The molecule has 0 aromatic heterocycles. The highest BCUT2D eigenvalue weighted by Gasteiger charge is 2.32. The molecule has 4 nitrogen and oxygen atoms in total. The van der Waals surface area contributed by atoms with Crippen molar-refractivity contribution in [1.82, 2.24) is 4.90 Å². The lowest BCUT2D eigenvalue weighted by Crippen LogP contribution is -2.31.